The third kappa shape index (κ3) is 4.25. The number of para-hydroxylation sites is 1. The largest absolute Gasteiger partial charge is 0.361 e. The molecule has 1 amide bonds. The number of fused-ring (bicyclic) bond motifs is 1. The average molecular weight is 305 g/mol. The van der Waals surface area contributed by atoms with Crippen molar-refractivity contribution in [2.45, 2.75) is 32.4 Å². The Kier molecular flexibility index (Phi) is 5.70. The first kappa shape index (κ1) is 15.9. The van der Waals surface area contributed by atoms with E-state index in [0.29, 0.717) is 6.42 Å². The number of hydrogen-bond donors (Lipinski definition) is 3. The highest BCUT2D eigenvalue weighted by atomic mass is 32.2. The van der Waals surface area contributed by atoms with Crippen LogP contribution in [0, 0.1) is 0 Å². The van der Waals surface area contributed by atoms with Crippen LogP contribution in [0.15, 0.2) is 30.5 Å². The molecule has 1 aromatic heterocycles. The van der Waals surface area contributed by atoms with Crippen molar-refractivity contribution >= 4 is 28.6 Å². The first-order chi connectivity index (χ1) is 10.1. The van der Waals surface area contributed by atoms with Crippen LogP contribution in [0.3, 0.4) is 0 Å². The predicted molar refractivity (Wildman–Crippen MR) is 90.6 cm³/mol. The van der Waals surface area contributed by atoms with Crippen molar-refractivity contribution in [3.63, 3.8) is 0 Å². The Balaban J connectivity index is 1.94. The summed E-state index contributed by atoms with van der Waals surface area (Å²) in [5.41, 5.74) is 8.21. The smallest absolute Gasteiger partial charge is 0.237 e. The van der Waals surface area contributed by atoms with Gasteiger partial charge in [0, 0.05) is 28.9 Å². The Morgan fingerprint density at radius 2 is 2.19 bits per heavy atom. The van der Waals surface area contributed by atoms with E-state index in [2.05, 4.69) is 17.2 Å². The number of amides is 1. The highest BCUT2D eigenvalue weighted by molar-refractivity contribution is 7.99. The third-order valence-electron chi connectivity index (χ3n) is 3.41. The lowest BCUT2D eigenvalue weighted by Gasteiger charge is -2.17. The molecule has 2 rings (SSSR count). The van der Waals surface area contributed by atoms with Crippen molar-refractivity contribution in [1.82, 2.24) is 10.3 Å². The Bertz CT molecular complexity index is 596. The van der Waals surface area contributed by atoms with Crippen molar-refractivity contribution in [2.24, 2.45) is 5.73 Å². The molecular weight excluding hydrogens is 282 g/mol. The number of H-pyrrole nitrogens is 1. The molecule has 5 heteroatoms. The second-order valence-corrected chi connectivity index (χ2v) is 6.56. The van der Waals surface area contributed by atoms with Crippen LogP contribution >= 0.6 is 11.8 Å². The Hall–Kier alpha value is -1.46. The average Bonchev–Trinajstić information content (AvgIpc) is 2.88. The summed E-state index contributed by atoms with van der Waals surface area (Å²) in [6.45, 7) is 4.13. The van der Waals surface area contributed by atoms with Gasteiger partial charge in [-0.15, -0.1) is 0 Å². The van der Waals surface area contributed by atoms with E-state index >= 15 is 0 Å². The highest BCUT2D eigenvalue weighted by Crippen LogP contribution is 2.18. The van der Waals surface area contributed by atoms with Crippen molar-refractivity contribution in [3.8, 4) is 0 Å². The second-order valence-electron chi connectivity index (χ2n) is 5.24. The summed E-state index contributed by atoms with van der Waals surface area (Å²) in [5, 5.41) is 4.11. The van der Waals surface area contributed by atoms with E-state index in [-0.39, 0.29) is 11.9 Å². The van der Waals surface area contributed by atoms with Crippen LogP contribution in [0.1, 0.15) is 19.4 Å². The van der Waals surface area contributed by atoms with E-state index in [1.54, 1.807) is 0 Å². The van der Waals surface area contributed by atoms with Gasteiger partial charge in [0.2, 0.25) is 5.91 Å². The zero-order valence-electron chi connectivity index (χ0n) is 12.6. The fraction of sp³-hybridized carbons (Fsp3) is 0.438. The summed E-state index contributed by atoms with van der Waals surface area (Å²) >= 11 is 1.82. The van der Waals surface area contributed by atoms with Gasteiger partial charge in [0.1, 0.15) is 0 Å². The van der Waals surface area contributed by atoms with E-state index in [9.17, 15) is 4.79 Å². The molecular formula is C16H23N3OS. The molecule has 21 heavy (non-hydrogen) atoms. The molecule has 1 unspecified atom stereocenters. The lowest BCUT2D eigenvalue weighted by Crippen LogP contribution is -2.46. The molecule has 0 aliphatic heterocycles. The molecule has 0 aliphatic rings. The predicted octanol–water partition coefficient (Wildman–Crippen LogP) is 2.30. The van der Waals surface area contributed by atoms with Gasteiger partial charge in [0.15, 0.2) is 0 Å². The van der Waals surface area contributed by atoms with Crippen LogP contribution in [-0.4, -0.2) is 34.5 Å². The number of aromatic nitrogens is 1. The SMILES string of the molecule is CCSCC(C)NC(=O)[C@@H](N)Cc1c[nH]c2ccccc12. The Morgan fingerprint density at radius 3 is 2.95 bits per heavy atom. The van der Waals surface area contributed by atoms with Gasteiger partial charge in [0.05, 0.1) is 6.04 Å². The number of carbonyl (C=O) groups is 1. The monoisotopic (exact) mass is 305 g/mol. The first-order valence-electron chi connectivity index (χ1n) is 7.30. The quantitative estimate of drug-likeness (QED) is 0.735. The zero-order valence-corrected chi connectivity index (χ0v) is 13.4. The number of aromatic amines is 1. The van der Waals surface area contributed by atoms with Gasteiger partial charge in [-0.3, -0.25) is 4.79 Å². The van der Waals surface area contributed by atoms with E-state index in [0.717, 1.165) is 28.0 Å². The maximum atomic E-state index is 12.1. The molecule has 0 spiro atoms. The van der Waals surface area contributed by atoms with E-state index in [1.807, 2.05) is 49.1 Å². The van der Waals surface area contributed by atoms with Crippen molar-refractivity contribution in [3.05, 3.63) is 36.0 Å². The minimum Gasteiger partial charge on any atom is -0.361 e. The summed E-state index contributed by atoms with van der Waals surface area (Å²) in [6.07, 6.45) is 2.48. The van der Waals surface area contributed by atoms with E-state index < -0.39 is 6.04 Å². The molecule has 4 N–H and O–H groups in total. The molecule has 0 radical (unpaired) electrons. The molecule has 1 aromatic carbocycles. The maximum absolute atomic E-state index is 12.1. The Morgan fingerprint density at radius 1 is 1.43 bits per heavy atom. The summed E-state index contributed by atoms with van der Waals surface area (Å²) in [5.74, 6) is 1.90. The highest BCUT2D eigenvalue weighted by Gasteiger charge is 2.17. The fourth-order valence-electron chi connectivity index (χ4n) is 2.32. The number of carbonyl (C=O) groups excluding carboxylic acids is 1. The van der Waals surface area contributed by atoms with Gasteiger partial charge in [0.25, 0.3) is 0 Å². The van der Waals surface area contributed by atoms with Crippen LogP contribution in [0.4, 0.5) is 0 Å². The normalized spacial score (nSPS) is 14.0. The number of benzene rings is 1. The van der Waals surface area contributed by atoms with Crippen molar-refractivity contribution in [2.75, 3.05) is 11.5 Å². The van der Waals surface area contributed by atoms with E-state index in [4.69, 9.17) is 5.73 Å². The molecule has 0 saturated carbocycles. The third-order valence-corrected chi connectivity index (χ3v) is 4.56. The van der Waals surface area contributed by atoms with Crippen molar-refractivity contribution < 1.29 is 4.79 Å². The van der Waals surface area contributed by atoms with Gasteiger partial charge in [-0.1, -0.05) is 25.1 Å². The maximum Gasteiger partial charge on any atom is 0.237 e. The molecule has 114 valence electrons. The number of nitrogens with one attached hydrogen (secondary N) is 2. The van der Waals surface area contributed by atoms with Gasteiger partial charge >= 0.3 is 0 Å². The molecule has 0 saturated heterocycles. The molecule has 0 aliphatic carbocycles. The lowest BCUT2D eigenvalue weighted by atomic mass is 10.0. The first-order valence-corrected chi connectivity index (χ1v) is 8.46. The minimum atomic E-state index is -0.515. The van der Waals surface area contributed by atoms with Crippen LogP contribution in [0.2, 0.25) is 0 Å². The van der Waals surface area contributed by atoms with Gasteiger partial charge in [-0.25, -0.2) is 0 Å². The summed E-state index contributed by atoms with van der Waals surface area (Å²) < 4.78 is 0. The van der Waals surface area contributed by atoms with Gasteiger partial charge < -0.3 is 16.0 Å². The summed E-state index contributed by atoms with van der Waals surface area (Å²) in [6, 6.07) is 7.69. The van der Waals surface area contributed by atoms with E-state index in [1.165, 1.54) is 0 Å². The molecule has 0 fully saturated rings. The van der Waals surface area contributed by atoms with Crippen molar-refractivity contribution in [1.29, 1.82) is 0 Å². The van der Waals surface area contributed by atoms with Crippen LogP contribution in [0.25, 0.3) is 10.9 Å². The summed E-state index contributed by atoms with van der Waals surface area (Å²) in [7, 11) is 0. The van der Waals surface area contributed by atoms with Gasteiger partial charge in [-0.05, 0) is 30.7 Å². The molecule has 4 nitrogen and oxygen atoms in total. The number of rotatable bonds is 7. The standard InChI is InChI=1S/C16H23N3OS/c1-3-21-10-11(2)19-16(20)14(17)8-12-9-18-15-7-5-4-6-13(12)15/h4-7,9,11,14,18H,3,8,10,17H2,1-2H3,(H,19,20)/t11?,14-/m0/s1. The summed E-state index contributed by atoms with van der Waals surface area (Å²) in [4.78, 5) is 15.3. The minimum absolute atomic E-state index is 0.0792. The number of hydrogen-bond acceptors (Lipinski definition) is 3. The zero-order chi connectivity index (χ0) is 15.2. The molecule has 2 aromatic rings. The van der Waals surface area contributed by atoms with Crippen LogP contribution < -0.4 is 11.1 Å². The second kappa shape index (κ2) is 7.52. The molecule has 1 heterocycles. The van der Waals surface area contributed by atoms with Crippen LogP contribution in [0.5, 0.6) is 0 Å². The Labute approximate surface area is 129 Å². The fourth-order valence-corrected chi connectivity index (χ4v) is 2.99. The van der Waals surface area contributed by atoms with Crippen LogP contribution in [-0.2, 0) is 11.2 Å². The number of thioether (sulfide) groups is 1. The lowest BCUT2D eigenvalue weighted by molar-refractivity contribution is -0.122. The topological polar surface area (TPSA) is 70.9 Å². The molecule has 0 bridgehead atoms. The number of nitrogens with two attached hydrogens (primary N) is 1. The molecule has 2 atom stereocenters. The van der Waals surface area contributed by atoms with Gasteiger partial charge in [-0.2, -0.15) is 11.8 Å².